The molecule has 1 aliphatic carbocycles. The number of hydrogen-bond acceptors (Lipinski definition) is 1. The van der Waals surface area contributed by atoms with Crippen molar-refractivity contribution in [3.8, 4) is 16.8 Å². The van der Waals surface area contributed by atoms with Crippen LogP contribution in [-0.2, 0) is 6.42 Å². The fraction of sp³-hybridized carbons (Fsp3) is 0.0625. The van der Waals surface area contributed by atoms with Crippen LogP contribution in [0.15, 0.2) is 101 Å². The van der Waals surface area contributed by atoms with Crippen molar-refractivity contribution in [2.24, 2.45) is 0 Å². The van der Waals surface area contributed by atoms with Crippen molar-refractivity contribution in [1.29, 1.82) is 0 Å². The highest BCUT2D eigenvalue weighted by atomic mass is 16.3. The first-order chi connectivity index (χ1) is 16.8. The lowest BCUT2D eigenvalue weighted by molar-refractivity contribution is 0.665. The Hall–Kier alpha value is -4.30. The zero-order valence-electron chi connectivity index (χ0n) is 18.8. The highest BCUT2D eigenvalue weighted by molar-refractivity contribution is 6.31. The van der Waals surface area contributed by atoms with Crippen LogP contribution in [0, 0.1) is 6.92 Å². The lowest BCUT2D eigenvalue weighted by Crippen LogP contribution is -1.96. The fourth-order valence-corrected chi connectivity index (χ4v) is 6.02. The minimum atomic E-state index is 0.896. The third kappa shape index (κ3) is 2.20. The molecule has 1 aliphatic rings. The minimum Gasteiger partial charge on any atom is -0.456 e. The van der Waals surface area contributed by atoms with Crippen molar-refractivity contribution in [1.82, 2.24) is 4.57 Å². The van der Waals surface area contributed by atoms with Crippen LogP contribution in [0.1, 0.15) is 16.7 Å². The van der Waals surface area contributed by atoms with E-state index in [0.29, 0.717) is 0 Å². The number of hydrogen-bond donors (Lipinski definition) is 0. The van der Waals surface area contributed by atoms with Gasteiger partial charge >= 0.3 is 0 Å². The largest absolute Gasteiger partial charge is 0.456 e. The van der Waals surface area contributed by atoms with Gasteiger partial charge in [0.2, 0.25) is 0 Å². The topological polar surface area (TPSA) is 18.1 Å². The van der Waals surface area contributed by atoms with E-state index in [9.17, 15) is 0 Å². The molecule has 0 spiro atoms. The number of rotatable bonds is 1. The maximum atomic E-state index is 6.60. The third-order valence-electron chi connectivity index (χ3n) is 7.48. The second-order valence-corrected chi connectivity index (χ2v) is 9.40. The Bertz CT molecular complexity index is 1930. The van der Waals surface area contributed by atoms with Crippen LogP contribution in [0.2, 0.25) is 0 Å². The van der Waals surface area contributed by atoms with Crippen LogP contribution in [0.25, 0.3) is 60.6 Å². The van der Waals surface area contributed by atoms with Crippen LogP contribution >= 0.6 is 0 Å². The number of fused-ring (bicyclic) bond motifs is 12. The highest BCUT2D eigenvalue weighted by Gasteiger charge is 2.30. The predicted octanol–water partition coefficient (Wildman–Crippen LogP) is 8.56. The van der Waals surface area contributed by atoms with E-state index < -0.39 is 0 Å². The van der Waals surface area contributed by atoms with Gasteiger partial charge in [-0.1, -0.05) is 78.4 Å². The standard InChI is InChI=1S/C32H21NO/c1-19-14-16-21(17-15-19)33-26-12-6-4-10-23(26)29-30-24-11-5-7-13-27(24)34-32(30)25-18-20-8-2-3-9-22(20)28(25)31(29)33/h2-17H,18H2,1H3. The van der Waals surface area contributed by atoms with Gasteiger partial charge in [0.05, 0.1) is 11.0 Å². The van der Waals surface area contributed by atoms with Crippen LogP contribution < -0.4 is 0 Å². The van der Waals surface area contributed by atoms with Crippen molar-refractivity contribution in [3.05, 3.63) is 114 Å². The molecule has 2 heteroatoms. The Morgan fingerprint density at radius 2 is 1.44 bits per heavy atom. The lowest BCUT2D eigenvalue weighted by atomic mass is 9.97. The van der Waals surface area contributed by atoms with Crippen molar-refractivity contribution in [2.45, 2.75) is 13.3 Å². The van der Waals surface area contributed by atoms with Crippen LogP contribution in [0.4, 0.5) is 0 Å². The summed E-state index contributed by atoms with van der Waals surface area (Å²) in [7, 11) is 0. The number of para-hydroxylation sites is 2. The molecule has 0 N–H and O–H groups in total. The van der Waals surface area contributed by atoms with E-state index in [1.165, 1.54) is 66.1 Å². The van der Waals surface area contributed by atoms with Crippen molar-refractivity contribution >= 4 is 43.7 Å². The van der Waals surface area contributed by atoms with E-state index in [1.54, 1.807) is 0 Å². The summed E-state index contributed by atoms with van der Waals surface area (Å²) in [6.45, 7) is 2.14. The first-order valence-electron chi connectivity index (χ1n) is 11.8. The average Bonchev–Trinajstić information content (AvgIpc) is 3.54. The third-order valence-corrected chi connectivity index (χ3v) is 7.48. The van der Waals surface area contributed by atoms with Crippen LogP contribution in [-0.4, -0.2) is 4.57 Å². The summed E-state index contributed by atoms with van der Waals surface area (Å²) < 4.78 is 9.07. The van der Waals surface area contributed by atoms with Gasteiger partial charge in [0.15, 0.2) is 0 Å². The summed E-state index contributed by atoms with van der Waals surface area (Å²) in [6.07, 6.45) is 0.896. The summed E-state index contributed by atoms with van der Waals surface area (Å²) in [5, 5.41) is 4.97. The normalized spacial score (nSPS) is 12.7. The molecule has 2 aromatic heterocycles. The first-order valence-corrected chi connectivity index (χ1v) is 11.8. The minimum absolute atomic E-state index is 0.896. The second kappa shape index (κ2) is 6.39. The van der Waals surface area contributed by atoms with Crippen LogP contribution in [0.3, 0.4) is 0 Å². The summed E-state index contributed by atoms with van der Waals surface area (Å²) in [5.74, 6) is 0. The van der Waals surface area contributed by atoms with Crippen molar-refractivity contribution < 1.29 is 4.42 Å². The maximum Gasteiger partial charge on any atom is 0.140 e. The Morgan fingerprint density at radius 3 is 2.32 bits per heavy atom. The molecule has 7 aromatic rings. The smallest absolute Gasteiger partial charge is 0.140 e. The molecular formula is C32H21NO. The molecule has 0 radical (unpaired) electrons. The average molecular weight is 436 g/mol. The first kappa shape index (κ1) is 18.2. The van der Waals surface area contributed by atoms with Gasteiger partial charge in [0, 0.05) is 44.8 Å². The van der Waals surface area contributed by atoms with Gasteiger partial charge in [-0.3, -0.25) is 0 Å². The van der Waals surface area contributed by atoms with E-state index in [0.717, 1.165) is 17.6 Å². The molecule has 2 nitrogen and oxygen atoms in total. The van der Waals surface area contributed by atoms with E-state index in [1.807, 2.05) is 0 Å². The van der Waals surface area contributed by atoms with E-state index in [4.69, 9.17) is 4.42 Å². The molecule has 160 valence electrons. The van der Waals surface area contributed by atoms with Gasteiger partial charge in [0.25, 0.3) is 0 Å². The second-order valence-electron chi connectivity index (χ2n) is 9.40. The van der Waals surface area contributed by atoms with Gasteiger partial charge in [-0.2, -0.15) is 0 Å². The molecule has 2 heterocycles. The van der Waals surface area contributed by atoms with E-state index in [-0.39, 0.29) is 0 Å². The Morgan fingerprint density at radius 1 is 0.706 bits per heavy atom. The maximum absolute atomic E-state index is 6.60. The molecule has 0 fully saturated rings. The molecular weight excluding hydrogens is 414 g/mol. The molecule has 5 aromatic carbocycles. The molecule has 8 rings (SSSR count). The molecule has 0 aliphatic heterocycles. The van der Waals surface area contributed by atoms with Crippen molar-refractivity contribution in [2.75, 3.05) is 0 Å². The SMILES string of the molecule is Cc1ccc(-n2c3ccccc3c3c4c(oc5ccccc54)c4c(c32)-c2ccccc2C4)cc1. The molecule has 0 bridgehead atoms. The number of benzene rings is 5. The molecule has 34 heavy (non-hydrogen) atoms. The van der Waals surface area contributed by atoms with Crippen molar-refractivity contribution in [3.63, 3.8) is 0 Å². The molecule has 0 unspecified atom stereocenters. The number of furan rings is 1. The number of nitrogens with zero attached hydrogens (tertiary/aromatic N) is 1. The van der Waals surface area contributed by atoms with Gasteiger partial charge < -0.3 is 8.98 Å². The summed E-state index contributed by atoms with van der Waals surface area (Å²) in [6, 6.07) is 35.0. The van der Waals surface area contributed by atoms with E-state index in [2.05, 4.69) is 109 Å². The quantitative estimate of drug-likeness (QED) is 0.252. The Labute approximate surface area is 196 Å². The monoisotopic (exact) mass is 435 g/mol. The van der Waals surface area contributed by atoms with Gasteiger partial charge in [-0.05, 0) is 42.3 Å². The molecule has 0 amide bonds. The predicted molar refractivity (Wildman–Crippen MR) is 141 cm³/mol. The zero-order chi connectivity index (χ0) is 22.4. The number of aryl methyl sites for hydroxylation is 1. The van der Waals surface area contributed by atoms with E-state index >= 15 is 0 Å². The highest BCUT2D eigenvalue weighted by Crippen LogP contribution is 2.51. The fourth-order valence-electron chi connectivity index (χ4n) is 6.02. The summed E-state index contributed by atoms with van der Waals surface area (Å²) in [4.78, 5) is 0. The van der Waals surface area contributed by atoms with Crippen LogP contribution in [0.5, 0.6) is 0 Å². The lowest BCUT2D eigenvalue weighted by Gasteiger charge is -2.12. The zero-order valence-corrected chi connectivity index (χ0v) is 18.8. The van der Waals surface area contributed by atoms with Gasteiger partial charge in [-0.15, -0.1) is 0 Å². The molecule has 0 saturated heterocycles. The Balaban J connectivity index is 1.71. The van der Waals surface area contributed by atoms with Gasteiger partial charge in [-0.25, -0.2) is 0 Å². The molecule has 0 atom stereocenters. The van der Waals surface area contributed by atoms with Gasteiger partial charge in [0.1, 0.15) is 11.2 Å². The molecule has 0 saturated carbocycles. The Kier molecular flexibility index (Phi) is 3.41. The summed E-state index contributed by atoms with van der Waals surface area (Å²) >= 11 is 0. The summed E-state index contributed by atoms with van der Waals surface area (Å²) in [5.41, 5.74) is 12.3. The number of aromatic nitrogens is 1.